The van der Waals surface area contributed by atoms with Gasteiger partial charge in [0.2, 0.25) is 0 Å². The average molecular weight is 479 g/mol. The third-order valence-electron chi connectivity index (χ3n) is 5.96. The first-order valence-corrected chi connectivity index (χ1v) is 11.5. The van der Waals surface area contributed by atoms with Crippen molar-refractivity contribution in [3.8, 4) is 11.8 Å². The van der Waals surface area contributed by atoms with E-state index in [0.29, 0.717) is 29.5 Å². The number of aryl methyl sites for hydroxylation is 2. The molecule has 0 amide bonds. The van der Waals surface area contributed by atoms with Gasteiger partial charge in [-0.05, 0) is 84.7 Å². The average Bonchev–Trinajstić information content (AvgIpc) is 2.85. The summed E-state index contributed by atoms with van der Waals surface area (Å²) in [6.45, 7) is 2.04. The van der Waals surface area contributed by atoms with Crippen LogP contribution in [-0.2, 0) is 19.3 Å². The van der Waals surface area contributed by atoms with Crippen LogP contribution in [0.4, 0.5) is 22.0 Å². The van der Waals surface area contributed by atoms with Gasteiger partial charge in [0.15, 0.2) is 17.5 Å². The first-order chi connectivity index (χ1) is 16.9. The van der Waals surface area contributed by atoms with Crippen LogP contribution >= 0.6 is 0 Å². The van der Waals surface area contributed by atoms with Gasteiger partial charge in [-0.2, -0.15) is 0 Å². The molecule has 0 aliphatic rings. The quantitative estimate of drug-likeness (QED) is 0.149. The van der Waals surface area contributed by atoms with Crippen molar-refractivity contribution in [2.75, 3.05) is 0 Å². The number of halogens is 5. The molecular formula is C30H23F5. The minimum atomic E-state index is -1.49. The van der Waals surface area contributed by atoms with Gasteiger partial charge in [-0.1, -0.05) is 43.4 Å². The van der Waals surface area contributed by atoms with Crippen molar-refractivity contribution in [3.05, 3.63) is 118 Å². The molecule has 4 aromatic rings. The molecule has 0 heterocycles. The highest BCUT2D eigenvalue weighted by Crippen LogP contribution is 2.24. The van der Waals surface area contributed by atoms with E-state index in [1.54, 1.807) is 18.2 Å². The van der Waals surface area contributed by atoms with Gasteiger partial charge < -0.3 is 0 Å². The predicted molar refractivity (Wildman–Crippen MR) is 129 cm³/mol. The van der Waals surface area contributed by atoms with Gasteiger partial charge in [0.1, 0.15) is 11.6 Å². The Kier molecular flexibility index (Phi) is 7.51. The predicted octanol–water partition coefficient (Wildman–Crippen LogP) is 8.06. The van der Waals surface area contributed by atoms with E-state index in [1.807, 2.05) is 19.1 Å². The van der Waals surface area contributed by atoms with Crippen LogP contribution in [0, 0.1) is 40.9 Å². The zero-order valence-electron chi connectivity index (χ0n) is 19.2. The van der Waals surface area contributed by atoms with Crippen molar-refractivity contribution in [3.63, 3.8) is 0 Å². The van der Waals surface area contributed by atoms with Crippen LogP contribution in [0.3, 0.4) is 0 Å². The molecule has 0 spiro atoms. The highest BCUT2D eigenvalue weighted by molar-refractivity contribution is 5.84. The minimum absolute atomic E-state index is 0.0118. The maximum Gasteiger partial charge on any atom is 0.195 e. The Labute approximate surface area is 201 Å². The summed E-state index contributed by atoms with van der Waals surface area (Å²) in [7, 11) is 0. The second kappa shape index (κ2) is 10.7. The molecule has 0 saturated heterocycles. The molecule has 0 atom stereocenters. The highest BCUT2D eigenvalue weighted by atomic mass is 19.2. The van der Waals surface area contributed by atoms with Gasteiger partial charge in [-0.15, -0.1) is 0 Å². The fourth-order valence-electron chi connectivity index (χ4n) is 3.97. The number of hydrogen-bond donors (Lipinski definition) is 0. The van der Waals surface area contributed by atoms with E-state index >= 15 is 0 Å². The molecule has 178 valence electrons. The second-order valence-corrected chi connectivity index (χ2v) is 8.51. The van der Waals surface area contributed by atoms with E-state index in [4.69, 9.17) is 0 Å². The molecule has 0 fully saturated rings. The Balaban J connectivity index is 1.44. The van der Waals surface area contributed by atoms with E-state index in [9.17, 15) is 22.0 Å². The van der Waals surface area contributed by atoms with Crippen LogP contribution in [0.2, 0.25) is 0 Å². The number of rotatable bonds is 6. The molecule has 0 aliphatic carbocycles. The summed E-state index contributed by atoms with van der Waals surface area (Å²) in [4.78, 5) is 0. The van der Waals surface area contributed by atoms with Gasteiger partial charge in [0.25, 0.3) is 0 Å². The second-order valence-electron chi connectivity index (χ2n) is 8.51. The largest absolute Gasteiger partial charge is 0.207 e. The summed E-state index contributed by atoms with van der Waals surface area (Å²) in [6.07, 6.45) is 3.26. The maximum atomic E-state index is 14.4. The van der Waals surface area contributed by atoms with Gasteiger partial charge in [-0.3, -0.25) is 0 Å². The Morgan fingerprint density at radius 1 is 0.600 bits per heavy atom. The standard InChI is InChI=1S/C30H23F5/c1-2-3-4-22-16-26(31)25(27(32)17-22)14-11-20-7-5-19(6-8-20)9-10-21-12-13-24-23(15-21)18-28(33)30(35)29(24)34/h5-8,12-13,15-18H,2-4,11,14H2,1H3. The Hall–Kier alpha value is -3.65. The van der Waals surface area contributed by atoms with Crippen LogP contribution in [0.25, 0.3) is 10.8 Å². The molecule has 0 saturated carbocycles. The van der Waals surface area contributed by atoms with Crippen molar-refractivity contribution < 1.29 is 22.0 Å². The summed E-state index contributed by atoms with van der Waals surface area (Å²) >= 11 is 0. The third-order valence-corrected chi connectivity index (χ3v) is 5.96. The van der Waals surface area contributed by atoms with E-state index < -0.39 is 29.1 Å². The Morgan fingerprint density at radius 2 is 1.26 bits per heavy atom. The lowest BCUT2D eigenvalue weighted by Gasteiger charge is -2.08. The summed E-state index contributed by atoms with van der Waals surface area (Å²) in [5, 5.41) is 0.212. The van der Waals surface area contributed by atoms with Crippen molar-refractivity contribution in [2.45, 2.75) is 39.0 Å². The lowest BCUT2D eigenvalue weighted by Crippen LogP contribution is -2.01. The molecule has 0 aromatic heterocycles. The number of benzene rings is 4. The van der Waals surface area contributed by atoms with E-state index in [2.05, 4.69) is 11.8 Å². The van der Waals surface area contributed by atoms with E-state index in [-0.39, 0.29) is 22.8 Å². The molecule has 0 nitrogen and oxygen atoms in total. The van der Waals surface area contributed by atoms with E-state index in [0.717, 1.165) is 24.5 Å². The molecular weight excluding hydrogens is 455 g/mol. The minimum Gasteiger partial charge on any atom is -0.207 e. The zero-order chi connectivity index (χ0) is 24.9. The lowest BCUT2D eigenvalue weighted by atomic mass is 9.99. The summed E-state index contributed by atoms with van der Waals surface area (Å²) < 4.78 is 69.6. The van der Waals surface area contributed by atoms with Gasteiger partial charge in [-0.25, -0.2) is 22.0 Å². The smallest absolute Gasteiger partial charge is 0.195 e. The summed E-state index contributed by atoms with van der Waals surface area (Å²) in [5.74, 6) is 0.939. The van der Waals surface area contributed by atoms with Crippen LogP contribution in [0.5, 0.6) is 0 Å². The van der Waals surface area contributed by atoms with Crippen molar-refractivity contribution >= 4 is 10.8 Å². The molecule has 4 rings (SSSR count). The molecule has 0 bridgehead atoms. The van der Waals surface area contributed by atoms with Crippen molar-refractivity contribution in [1.29, 1.82) is 0 Å². The number of unbranched alkanes of at least 4 members (excludes halogenated alkanes) is 1. The summed E-state index contributed by atoms with van der Waals surface area (Å²) in [5.41, 5.74) is 2.94. The van der Waals surface area contributed by atoms with Gasteiger partial charge in [0, 0.05) is 22.1 Å². The van der Waals surface area contributed by atoms with Crippen molar-refractivity contribution in [1.82, 2.24) is 0 Å². The van der Waals surface area contributed by atoms with Gasteiger partial charge in [0.05, 0.1) is 0 Å². The fraction of sp³-hybridized carbons (Fsp3) is 0.200. The third kappa shape index (κ3) is 5.71. The molecule has 0 radical (unpaired) electrons. The lowest BCUT2D eigenvalue weighted by molar-refractivity contribution is 0.453. The fourth-order valence-corrected chi connectivity index (χ4v) is 3.97. The normalized spacial score (nSPS) is 10.9. The topological polar surface area (TPSA) is 0 Å². The van der Waals surface area contributed by atoms with Crippen LogP contribution < -0.4 is 0 Å². The van der Waals surface area contributed by atoms with E-state index in [1.165, 1.54) is 24.3 Å². The first kappa shape index (κ1) is 24.5. The first-order valence-electron chi connectivity index (χ1n) is 11.5. The van der Waals surface area contributed by atoms with Crippen LogP contribution in [0.15, 0.2) is 60.7 Å². The Morgan fingerprint density at radius 3 is 1.94 bits per heavy atom. The highest BCUT2D eigenvalue weighted by Gasteiger charge is 2.13. The Bertz CT molecular complexity index is 1400. The zero-order valence-corrected chi connectivity index (χ0v) is 19.2. The molecule has 35 heavy (non-hydrogen) atoms. The molecule has 0 unspecified atom stereocenters. The van der Waals surface area contributed by atoms with Crippen LogP contribution in [-0.4, -0.2) is 0 Å². The molecule has 4 aromatic carbocycles. The SMILES string of the molecule is CCCCc1cc(F)c(CCc2ccc(C#Cc3ccc4c(F)c(F)c(F)cc4c3)cc2)c(F)c1. The molecule has 0 aliphatic heterocycles. The summed E-state index contributed by atoms with van der Waals surface area (Å²) in [6, 6.07) is 15.5. The van der Waals surface area contributed by atoms with Crippen molar-refractivity contribution in [2.24, 2.45) is 0 Å². The van der Waals surface area contributed by atoms with Gasteiger partial charge >= 0.3 is 0 Å². The van der Waals surface area contributed by atoms with Crippen LogP contribution in [0.1, 0.15) is 47.6 Å². The maximum absolute atomic E-state index is 14.4. The molecule has 5 heteroatoms. The number of fused-ring (bicyclic) bond motifs is 1. The monoisotopic (exact) mass is 478 g/mol. The molecule has 0 N–H and O–H groups in total. The number of hydrogen-bond acceptors (Lipinski definition) is 0.